The van der Waals surface area contributed by atoms with Gasteiger partial charge in [-0.05, 0) is 56.8 Å². The van der Waals surface area contributed by atoms with Crippen LogP contribution < -0.4 is 0 Å². The van der Waals surface area contributed by atoms with Gasteiger partial charge >= 0.3 is 0 Å². The zero-order valence-electron chi connectivity index (χ0n) is 11.4. The average Bonchev–Trinajstić information content (AvgIpc) is 2.42. The largest absolute Gasteiger partial charge is 0.235 e. The van der Waals surface area contributed by atoms with Gasteiger partial charge in [-0.1, -0.05) is 12.8 Å². The Hall–Kier alpha value is -1.24. The van der Waals surface area contributed by atoms with Crippen LogP contribution in [0.4, 0.5) is 0 Å². The van der Waals surface area contributed by atoms with Crippen LogP contribution in [0.2, 0.25) is 0 Å². The normalized spacial score (nSPS) is 34.9. The molecule has 2 fully saturated rings. The number of nitrogens with zero attached hydrogens (tertiary/aromatic N) is 2. The molecule has 104 valence electrons. The van der Waals surface area contributed by atoms with Crippen molar-refractivity contribution in [1.29, 1.82) is 0 Å². The van der Waals surface area contributed by atoms with E-state index in [4.69, 9.17) is 0 Å². The van der Waals surface area contributed by atoms with E-state index in [0.717, 1.165) is 31.6 Å². The second kappa shape index (κ2) is 7.37. The summed E-state index contributed by atoms with van der Waals surface area (Å²) in [4.78, 5) is 28.3. The van der Waals surface area contributed by atoms with E-state index in [1.54, 1.807) is 12.2 Å². The van der Waals surface area contributed by atoms with Crippen molar-refractivity contribution in [2.45, 2.75) is 69.9 Å². The van der Waals surface area contributed by atoms with Gasteiger partial charge in [0.25, 0.3) is 0 Å². The maximum Gasteiger partial charge on any atom is 0.235 e. The minimum absolute atomic E-state index is 0.215. The van der Waals surface area contributed by atoms with Crippen LogP contribution in [0, 0.1) is 11.8 Å². The highest BCUT2D eigenvalue weighted by Crippen LogP contribution is 2.36. The van der Waals surface area contributed by atoms with Gasteiger partial charge in [-0.2, -0.15) is 0 Å². The summed E-state index contributed by atoms with van der Waals surface area (Å²) in [5.41, 5.74) is 0. The molecule has 19 heavy (non-hydrogen) atoms. The Morgan fingerprint density at radius 2 is 1.47 bits per heavy atom. The van der Waals surface area contributed by atoms with E-state index in [1.807, 2.05) is 0 Å². The molecule has 0 N–H and O–H groups in total. The van der Waals surface area contributed by atoms with E-state index in [1.165, 1.54) is 32.1 Å². The van der Waals surface area contributed by atoms with Gasteiger partial charge < -0.3 is 0 Å². The number of hydrogen-bond acceptors (Lipinski definition) is 4. The summed E-state index contributed by atoms with van der Waals surface area (Å²) in [7, 11) is 0. The molecule has 4 heteroatoms. The van der Waals surface area contributed by atoms with Crippen molar-refractivity contribution in [2.24, 2.45) is 21.8 Å². The molecular weight excluding hydrogens is 240 g/mol. The highest BCUT2D eigenvalue weighted by Gasteiger charge is 2.27. The molecule has 0 radical (unpaired) electrons. The van der Waals surface area contributed by atoms with Crippen molar-refractivity contribution in [3.8, 4) is 0 Å². The summed E-state index contributed by atoms with van der Waals surface area (Å²) in [6.07, 6.45) is 13.6. The average molecular weight is 262 g/mol. The summed E-state index contributed by atoms with van der Waals surface area (Å²) < 4.78 is 0. The molecule has 2 unspecified atom stereocenters. The van der Waals surface area contributed by atoms with Gasteiger partial charge in [0.15, 0.2) is 0 Å². The Morgan fingerprint density at radius 3 is 2.16 bits per heavy atom. The van der Waals surface area contributed by atoms with E-state index in [9.17, 15) is 9.59 Å². The molecule has 2 atom stereocenters. The van der Waals surface area contributed by atoms with Crippen LogP contribution in [-0.4, -0.2) is 24.2 Å². The lowest BCUT2D eigenvalue weighted by molar-refractivity contribution is 0.224. The molecular formula is C15H22N2O2. The van der Waals surface area contributed by atoms with Crippen LogP contribution >= 0.6 is 0 Å². The molecule has 4 nitrogen and oxygen atoms in total. The summed E-state index contributed by atoms with van der Waals surface area (Å²) in [5.74, 6) is 1.48. The SMILES string of the molecule is O=C=NC1CCC(CC2CCCC(N=C=O)C2)CC1. The van der Waals surface area contributed by atoms with Gasteiger partial charge in [0, 0.05) is 0 Å². The number of aliphatic imine (C=N–C) groups is 2. The number of hydrogen-bond donors (Lipinski definition) is 0. The lowest BCUT2D eigenvalue weighted by Crippen LogP contribution is -2.23. The van der Waals surface area contributed by atoms with Crippen LogP contribution in [0.3, 0.4) is 0 Å². The van der Waals surface area contributed by atoms with E-state index in [-0.39, 0.29) is 12.1 Å². The monoisotopic (exact) mass is 262 g/mol. The molecule has 0 aromatic carbocycles. The molecule has 2 aliphatic carbocycles. The van der Waals surface area contributed by atoms with Gasteiger partial charge in [0.1, 0.15) is 0 Å². The van der Waals surface area contributed by atoms with Gasteiger partial charge in [0.05, 0.1) is 12.1 Å². The smallest absolute Gasteiger partial charge is 0.211 e. The predicted molar refractivity (Wildman–Crippen MR) is 72.4 cm³/mol. The Bertz CT molecular complexity index is 376. The maximum absolute atomic E-state index is 10.3. The van der Waals surface area contributed by atoms with Gasteiger partial charge in [0.2, 0.25) is 12.2 Å². The van der Waals surface area contributed by atoms with Crippen LogP contribution in [0.15, 0.2) is 9.98 Å². The van der Waals surface area contributed by atoms with Crippen LogP contribution in [-0.2, 0) is 9.59 Å². The Balaban J connectivity index is 1.75. The van der Waals surface area contributed by atoms with E-state index in [2.05, 4.69) is 9.98 Å². The molecule has 2 rings (SSSR count). The summed E-state index contributed by atoms with van der Waals surface area (Å²) in [6.45, 7) is 0. The fourth-order valence-corrected chi connectivity index (χ4v) is 3.72. The van der Waals surface area contributed by atoms with Crippen molar-refractivity contribution in [3.63, 3.8) is 0 Å². The first-order chi connectivity index (χ1) is 9.31. The van der Waals surface area contributed by atoms with Crippen molar-refractivity contribution >= 4 is 12.2 Å². The zero-order valence-corrected chi connectivity index (χ0v) is 11.4. The van der Waals surface area contributed by atoms with Crippen LogP contribution in [0.5, 0.6) is 0 Å². The van der Waals surface area contributed by atoms with E-state index >= 15 is 0 Å². The minimum Gasteiger partial charge on any atom is -0.211 e. The molecule has 0 aromatic heterocycles. The topological polar surface area (TPSA) is 58.9 Å². The lowest BCUT2D eigenvalue weighted by atomic mass is 9.75. The minimum atomic E-state index is 0.215. The molecule has 0 amide bonds. The van der Waals surface area contributed by atoms with Crippen LogP contribution in [0.1, 0.15) is 57.8 Å². The van der Waals surface area contributed by atoms with Crippen LogP contribution in [0.25, 0.3) is 0 Å². The first-order valence-electron chi connectivity index (χ1n) is 7.45. The maximum atomic E-state index is 10.3. The van der Waals surface area contributed by atoms with E-state index < -0.39 is 0 Å². The third kappa shape index (κ3) is 4.41. The number of carbonyl (C=O) groups excluding carboxylic acids is 2. The molecule has 0 spiro atoms. The Labute approximate surface area is 114 Å². The second-order valence-corrected chi connectivity index (χ2v) is 6.04. The number of isocyanates is 2. The zero-order chi connectivity index (χ0) is 13.5. The van der Waals surface area contributed by atoms with E-state index in [0.29, 0.717) is 5.92 Å². The fourth-order valence-electron chi connectivity index (χ4n) is 3.72. The number of rotatable bonds is 4. The van der Waals surface area contributed by atoms with Gasteiger partial charge in [-0.3, -0.25) is 0 Å². The molecule has 2 aliphatic rings. The Morgan fingerprint density at radius 1 is 0.789 bits per heavy atom. The van der Waals surface area contributed by atoms with Crippen molar-refractivity contribution in [2.75, 3.05) is 0 Å². The first-order valence-corrected chi connectivity index (χ1v) is 7.45. The summed E-state index contributed by atoms with van der Waals surface area (Å²) in [5, 5.41) is 0. The van der Waals surface area contributed by atoms with Gasteiger partial charge in [-0.25, -0.2) is 19.6 Å². The third-order valence-electron chi connectivity index (χ3n) is 4.71. The van der Waals surface area contributed by atoms with Crippen molar-refractivity contribution in [3.05, 3.63) is 0 Å². The Kier molecular flexibility index (Phi) is 5.50. The quantitative estimate of drug-likeness (QED) is 0.577. The van der Waals surface area contributed by atoms with Crippen molar-refractivity contribution < 1.29 is 9.59 Å². The molecule has 0 saturated heterocycles. The second-order valence-electron chi connectivity index (χ2n) is 6.04. The predicted octanol–water partition coefficient (Wildman–Crippen LogP) is 3.17. The molecule has 0 heterocycles. The highest BCUT2D eigenvalue weighted by molar-refractivity contribution is 5.33. The summed E-state index contributed by atoms with van der Waals surface area (Å²) >= 11 is 0. The lowest BCUT2D eigenvalue weighted by Gasteiger charge is -2.32. The highest BCUT2D eigenvalue weighted by atomic mass is 16.1. The first kappa shape index (κ1) is 14.2. The van der Waals surface area contributed by atoms with Gasteiger partial charge in [-0.15, -0.1) is 0 Å². The standard InChI is InChI=1S/C15H22N2O2/c18-10-16-14-6-4-12(5-7-14)8-13-2-1-3-15(9-13)17-11-19/h12-15H,1-9H2. The molecule has 2 saturated carbocycles. The third-order valence-corrected chi connectivity index (χ3v) is 4.71. The molecule has 0 bridgehead atoms. The molecule has 0 aliphatic heterocycles. The summed E-state index contributed by atoms with van der Waals surface area (Å²) in [6, 6.07) is 0.430. The van der Waals surface area contributed by atoms with Crippen molar-refractivity contribution in [1.82, 2.24) is 0 Å². The molecule has 0 aromatic rings. The fraction of sp³-hybridized carbons (Fsp3) is 0.867.